The van der Waals surface area contributed by atoms with Gasteiger partial charge in [0, 0.05) is 25.6 Å². The van der Waals surface area contributed by atoms with Crippen LogP contribution < -0.4 is 10.2 Å². The number of rotatable bonds is 6. The molecule has 1 aliphatic rings. The summed E-state index contributed by atoms with van der Waals surface area (Å²) in [5.41, 5.74) is 0.975. The topological polar surface area (TPSA) is 78.4 Å². The number of benzene rings is 1. The third kappa shape index (κ3) is 4.22. The van der Waals surface area contributed by atoms with Crippen molar-refractivity contribution in [2.45, 2.75) is 31.7 Å². The third-order valence-corrected chi connectivity index (χ3v) is 4.24. The average Bonchev–Trinajstić information content (AvgIpc) is 2.63. The molecule has 1 aromatic heterocycles. The average molecular weight is 326 g/mol. The van der Waals surface area contributed by atoms with Gasteiger partial charge in [0.05, 0.1) is 0 Å². The quantitative estimate of drug-likeness (QED) is 0.849. The van der Waals surface area contributed by atoms with E-state index in [1.807, 2.05) is 36.4 Å². The Balaban J connectivity index is 1.71. The molecular formula is C18H22N4O2. The van der Waals surface area contributed by atoms with Crippen LogP contribution in [0.5, 0.6) is 0 Å². The molecule has 2 heterocycles. The monoisotopic (exact) mass is 326 g/mol. The Labute approximate surface area is 141 Å². The predicted octanol–water partition coefficient (Wildman–Crippen LogP) is 2.57. The molecule has 1 saturated heterocycles. The first kappa shape index (κ1) is 16.2. The second-order valence-corrected chi connectivity index (χ2v) is 6.03. The highest BCUT2D eigenvalue weighted by Gasteiger charge is 2.19. The molecule has 2 aromatic rings. The number of hydrogen-bond acceptors (Lipinski definition) is 5. The van der Waals surface area contributed by atoms with E-state index in [1.165, 1.54) is 25.6 Å². The van der Waals surface area contributed by atoms with E-state index in [4.69, 9.17) is 0 Å². The molecule has 1 aromatic carbocycles. The van der Waals surface area contributed by atoms with Gasteiger partial charge in [-0.2, -0.15) is 0 Å². The van der Waals surface area contributed by atoms with E-state index in [0.717, 1.165) is 24.5 Å². The Hall–Kier alpha value is -2.63. The molecule has 2 N–H and O–H groups in total. The molecule has 0 radical (unpaired) electrons. The van der Waals surface area contributed by atoms with Crippen LogP contribution in [0.3, 0.4) is 0 Å². The molecule has 0 spiro atoms. The number of carboxylic acid groups (broad SMARTS) is 1. The van der Waals surface area contributed by atoms with Crippen LogP contribution in [-0.2, 0) is 11.2 Å². The normalized spacial score (nSPS) is 15.8. The van der Waals surface area contributed by atoms with Crippen molar-refractivity contribution in [2.24, 2.45) is 0 Å². The summed E-state index contributed by atoms with van der Waals surface area (Å²) in [7, 11) is 0. The number of hydrogen-bond donors (Lipinski definition) is 2. The van der Waals surface area contributed by atoms with Gasteiger partial charge in [0.25, 0.3) is 0 Å². The van der Waals surface area contributed by atoms with Crippen LogP contribution in [-0.4, -0.2) is 40.2 Å². The first-order chi connectivity index (χ1) is 11.7. The number of nitrogens with one attached hydrogen (secondary N) is 1. The maximum atomic E-state index is 11.6. The van der Waals surface area contributed by atoms with E-state index >= 15 is 0 Å². The molecule has 1 atom stereocenters. The first-order valence-corrected chi connectivity index (χ1v) is 8.32. The van der Waals surface area contributed by atoms with Crippen LogP contribution in [0, 0.1) is 0 Å². The second-order valence-electron chi connectivity index (χ2n) is 6.03. The molecule has 24 heavy (non-hydrogen) atoms. The van der Waals surface area contributed by atoms with Crippen LogP contribution >= 0.6 is 0 Å². The summed E-state index contributed by atoms with van der Waals surface area (Å²) in [5.74, 6) is 0.516. The van der Waals surface area contributed by atoms with E-state index < -0.39 is 12.0 Å². The highest BCUT2D eigenvalue weighted by Crippen LogP contribution is 2.20. The zero-order valence-electron chi connectivity index (χ0n) is 13.6. The van der Waals surface area contributed by atoms with E-state index in [0.29, 0.717) is 12.2 Å². The summed E-state index contributed by atoms with van der Waals surface area (Å²) < 4.78 is 0. The Bertz CT molecular complexity index is 672. The minimum absolute atomic E-state index is 0.402. The standard InChI is InChI=1S/C18H22N4O2/c23-18(24)15(11-14-7-3-1-4-8-14)21-16-12-17(20-13-19-16)22-9-5-2-6-10-22/h1,3-4,7-8,12-13,15H,2,5-6,9-11H2,(H,23,24)(H,19,20,21)/t15-/m0/s1. The Kier molecular flexibility index (Phi) is 5.25. The minimum atomic E-state index is -0.892. The molecule has 1 aliphatic heterocycles. The van der Waals surface area contributed by atoms with E-state index in [1.54, 1.807) is 0 Å². The zero-order chi connectivity index (χ0) is 16.8. The van der Waals surface area contributed by atoms with Crippen molar-refractivity contribution < 1.29 is 9.90 Å². The van der Waals surface area contributed by atoms with Crippen LogP contribution in [0.1, 0.15) is 24.8 Å². The van der Waals surface area contributed by atoms with Crippen LogP contribution in [0.4, 0.5) is 11.6 Å². The highest BCUT2D eigenvalue weighted by atomic mass is 16.4. The highest BCUT2D eigenvalue weighted by molar-refractivity contribution is 5.77. The lowest BCUT2D eigenvalue weighted by Crippen LogP contribution is -2.33. The van der Waals surface area contributed by atoms with Crippen molar-refractivity contribution in [1.29, 1.82) is 0 Å². The fourth-order valence-corrected chi connectivity index (χ4v) is 2.95. The van der Waals surface area contributed by atoms with Crippen molar-refractivity contribution in [3.63, 3.8) is 0 Å². The maximum absolute atomic E-state index is 11.6. The van der Waals surface area contributed by atoms with Gasteiger partial charge in [0.2, 0.25) is 0 Å². The Morgan fingerprint density at radius 2 is 1.92 bits per heavy atom. The Morgan fingerprint density at radius 3 is 2.62 bits per heavy atom. The fraction of sp³-hybridized carbons (Fsp3) is 0.389. The molecule has 0 aliphatic carbocycles. The molecule has 1 fully saturated rings. The number of aliphatic carboxylic acids is 1. The van der Waals surface area contributed by atoms with Gasteiger partial charge in [-0.3, -0.25) is 0 Å². The molecule has 3 rings (SSSR count). The Morgan fingerprint density at radius 1 is 1.17 bits per heavy atom. The lowest BCUT2D eigenvalue weighted by Gasteiger charge is -2.27. The maximum Gasteiger partial charge on any atom is 0.326 e. The molecule has 0 unspecified atom stereocenters. The van der Waals surface area contributed by atoms with Gasteiger partial charge < -0.3 is 15.3 Å². The van der Waals surface area contributed by atoms with Gasteiger partial charge in [0.15, 0.2) is 0 Å². The predicted molar refractivity (Wildman–Crippen MR) is 93.3 cm³/mol. The van der Waals surface area contributed by atoms with Gasteiger partial charge in [-0.05, 0) is 24.8 Å². The van der Waals surface area contributed by atoms with Crippen molar-refractivity contribution in [3.8, 4) is 0 Å². The molecule has 126 valence electrons. The van der Waals surface area contributed by atoms with Crippen molar-refractivity contribution in [1.82, 2.24) is 9.97 Å². The molecule has 0 amide bonds. The summed E-state index contributed by atoms with van der Waals surface area (Å²) in [6, 6.07) is 10.7. The van der Waals surface area contributed by atoms with Crippen LogP contribution in [0.2, 0.25) is 0 Å². The number of aromatic nitrogens is 2. The van der Waals surface area contributed by atoms with Gasteiger partial charge >= 0.3 is 5.97 Å². The van der Waals surface area contributed by atoms with Gasteiger partial charge in [-0.1, -0.05) is 30.3 Å². The lowest BCUT2D eigenvalue weighted by atomic mass is 10.1. The summed E-state index contributed by atoms with van der Waals surface area (Å²) in [6.07, 6.45) is 5.48. The molecule has 6 nitrogen and oxygen atoms in total. The van der Waals surface area contributed by atoms with Gasteiger partial charge in [-0.15, -0.1) is 0 Å². The van der Waals surface area contributed by atoms with E-state index in [9.17, 15) is 9.90 Å². The van der Waals surface area contributed by atoms with Crippen LogP contribution in [0.15, 0.2) is 42.7 Å². The minimum Gasteiger partial charge on any atom is -0.480 e. The van der Waals surface area contributed by atoms with Crippen LogP contribution in [0.25, 0.3) is 0 Å². The number of carboxylic acids is 1. The summed E-state index contributed by atoms with van der Waals surface area (Å²) in [6.45, 7) is 1.98. The summed E-state index contributed by atoms with van der Waals surface area (Å²) in [5, 5.41) is 12.5. The largest absolute Gasteiger partial charge is 0.480 e. The lowest BCUT2D eigenvalue weighted by molar-refractivity contribution is -0.137. The van der Waals surface area contributed by atoms with E-state index in [2.05, 4.69) is 20.2 Å². The zero-order valence-corrected chi connectivity index (χ0v) is 13.6. The number of piperidine rings is 1. The first-order valence-electron chi connectivity index (χ1n) is 8.32. The molecule has 0 saturated carbocycles. The van der Waals surface area contributed by atoms with Crippen molar-refractivity contribution >= 4 is 17.6 Å². The van der Waals surface area contributed by atoms with Gasteiger partial charge in [0.1, 0.15) is 24.0 Å². The fourth-order valence-electron chi connectivity index (χ4n) is 2.95. The summed E-state index contributed by atoms with van der Waals surface area (Å²) >= 11 is 0. The number of anilines is 2. The molecular weight excluding hydrogens is 304 g/mol. The SMILES string of the molecule is O=C(O)[C@H](Cc1ccccc1)Nc1cc(N2CCCCC2)ncn1. The van der Waals surface area contributed by atoms with Crippen molar-refractivity contribution in [3.05, 3.63) is 48.3 Å². The van der Waals surface area contributed by atoms with Crippen molar-refractivity contribution in [2.75, 3.05) is 23.3 Å². The summed E-state index contributed by atoms with van der Waals surface area (Å²) in [4.78, 5) is 22.3. The van der Waals surface area contributed by atoms with E-state index in [-0.39, 0.29) is 0 Å². The second kappa shape index (κ2) is 7.77. The third-order valence-electron chi connectivity index (χ3n) is 4.24. The smallest absolute Gasteiger partial charge is 0.326 e. The number of carbonyl (C=O) groups is 1. The molecule has 0 bridgehead atoms. The number of nitrogens with zero attached hydrogens (tertiary/aromatic N) is 3. The molecule has 6 heteroatoms. The van der Waals surface area contributed by atoms with Gasteiger partial charge in [-0.25, -0.2) is 14.8 Å².